The number of nitrogens with one attached hydrogen (secondary N) is 1. The number of phenolic OH excluding ortho intramolecular Hbond substituents is 1. The van der Waals surface area contributed by atoms with Gasteiger partial charge in [0.25, 0.3) is 0 Å². The zero-order valence-electron chi connectivity index (χ0n) is 11.1. The van der Waals surface area contributed by atoms with Crippen LogP contribution in [0.4, 0.5) is 0 Å². The van der Waals surface area contributed by atoms with E-state index in [1.54, 1.807) is 13.2 Å². The predicted octanol–water partition coefficient (Wildman–Crippen LogP) is 1.78. The summed E-state index contributed by atoms with van der Waals surface area (Å²) >= 11 is 0. The van der Waals surface area contributed by atoms with Gasteiger partial charge in [0.2, 0.25) is 6.79 Å². The highest BCUT2D eigenvalue weighted by Crippen LogP contribution is 2.38. The number of hydrogen-bond donors (Lipinski definition) is 2. The monoisotopic (exact) mass is 265 g/mol. The molecule has 2 aliphatic rings. The molecule has 0 atom stereocenters. The second-order valence-corrected chi connectivity index (χ2v) is 5.18. The molecule has 104 valence electrons. The molecule has 0 unspecified atom stereocenters. The zero-order valence-corrected chi connectivity index (χ0v) is 11.1. The summed E-state index contributed by atoms with van der Waals surface area (Å²) in [7, 11) is 1.76. The lowest BCUT2D eigenvalue weighted by atomic mass is 9.80. The van der Waals surface area contributed by atoms with Crippen molar-refractivity contribution in [3.8, 4) is 17.2 Å². The SMILES string of the molecule is COC1(CNCc2cc3c(cc2O)OCO3)CCC1. The lowest BCUT2D eigenvalue weighted by Crippen LogP contribution is -2.47. The fourth-order valence-corrected chi connectivity index (χ4v) is 2.56. The molecule has 0 radical (unpaired) electrons. The number of rotatable bonds is 5. The molecule has 1 saturated carbocycles. The minimum Gasteiger partial charge on any atom is -0.507 e. The summed E-state index contributed by atoms with van der Waals surface area (Å²) in [6.07, 6.45) is 3.43. The van der Waals surface area contributed by atoms with Gasteiger partial charge in [0.1, 0.15) is 5.75 Å². The Bertz CT molecular complexity index is 465. The first-order valence-corrected chi connectivity index (χ1v) is 6.60. The largest absolute Gasteiger partial charge is 0.507 e. The van der Waals surface area contributed by atoms with E-state index in [2.05, 4.69) is 5.32 Å². The fraction of sp³-hybridized carbons (Fsp3) is 0.571. The number of benzene rings is 1. The van der Waals surface area contributed by atoms with Gasteiger partial charge in [0.05, 0.1) is 5.60 Å². The first-order chi connectivity index (χ1) is 9.22. The van der Waals surface area contributed by atoms with Crippen molar-refractivity contribution in [2.24, 2.45) is 0 Å². The van der Waals surface area contributed by atoms with E-state index in [0.29, 0.717) is 18.0 Å². The molecule has 0 spiro atoms. The van der Waals surface area contributed by atoms with E-state index >= 15 is 0 Å². The van der Waals surface area contributed by atoms with Crippen LogP contribution in [0.2, 0.25) is 0 Å². The molecule has 2 N–H and O–H groups in total. The highest BCUT2D eigenvalue weighted by atomic mass is 16.7. The van der Waals surface area contributed by atoms with Crippen molar-refractivity contribution in [2.45, 2.75) is 31.4 Å². The van der Waals surface area contributed by atoms with Crippen molar-refractivity contribution in [1.82, 2.24) is 5.32 Å². The molecule has 1 heterocycles. The Balaban J connectivity index is 1.61. The first kappa shape index (κ1) is 12.6. The van der Waals surface area contributed by atoms with E-state index in [9.17, 15) is 5.11 Å². The van der Waals surface area contributed by atoms with Crippen LogP contribution in [0.15, 0.2) is 12.1 Å². The van der Waals surface area contributed by atoms with E-state index < -0.39 is 0 Å². The minimum absolute atomic E-state index is 0.00798. The molecular formula is C14H19NO4. The molecule has 19 heavy (non-hydrogen) atoms. The molecule has 1 aliphatic heterocycles. The summed E-state index contributed by atoms with van der Waals surface area (Å²) in [5.74, 6) is 1.53. The van der Waals surface area contributed by atoms with Crippen LogP contribution < -0.4 is 14.8 Å². The quantitative estimate of drug-likeness (QED) is 0.850. The van der Waals surface area contributed by atoms with Gasteiger partial charge < -0.3 is 24.6 Å². The highest BCUT2D eigenvalue weighted by Gasteiger charge is 2.36. The molecule has 0 amide bonds. The van der Waals surface area contributed by atoms with Gasteiger partial charge in [-0.25, -0.2) is 0 Å². The topological polar surface area (TPSA) is 60.0 Å². The molecule has 3 rings (SSSR count). The van der Waals surface area contributed by atoms with Crippen LogP contribution in [0.3, 0.4) is 0 Å². The van der Waals surface area contributed by atoms with E-state index in [1.807, 2.05) is 6.07 Å². The molecule has 0 aromatic heterocycles. The molecule has 1 fully saturated rings. The van der Waals surface area contributed by atoms with E-state index in [1.165, 1.54) is 6.42 Å². The predicted molar refractivity (Wildman–Crippen MR) is 69.5 cm³/mol. The summed E-state index contributed by atoms with van der Waals surface area (Å²) in [5.41, 5.74) is 0.807. The second-order valence-electron chi connectivity index (χ2n) is 5.18. The Labute approximate surface area is 112 Å². The summed E-state index contributed by atoms with van der Waals surface area (Å²) < 4.78 is 16.1. The average Bonchev–Trinajstić information content (AvgIpc) is 2.79. The maximum atomic E-state index is 9.93. The van der Waals surface area contributed by atoms with Gasteiger partial charge in [-0.2, -0.15) is 0 Å². The Morgan fingerprint density at radius 1 is 1.32 bits per heavy atom. The van der Waals surface area contributed by atoms with Gasteiger partial charge in [-0.1, -0.05) is 0 Å². The Morgan fingerprint density at radius 2 is 2.05 bits per heavy atom. The lowest BCUT2D eigenvalue weighted by Gasteiger charge is -2.40. The number of aromatic hydroxyl groups is 1. The van der Waals surface area contributed by atoms with Crippen LogP contribution in [0.1, 0.15) is 24.8 Å². The van der Waals surface area contributed by atoms with Gasteiger partial charge in [-0.15, -0.1) is 0 Å². The molecule has 0 saturated heterocycles. The molecule has 1 aromatic rings. The standard InChI is InChI=1S/C14H19NO4/c1-17-14(3-2-4-14)8-15-7-10-5-12-13(6-11(10)16)19-9-18-12/h5-6,15-16H,2-4,7-9H2,1H3. The van der Waals surface area contributed by atoms with Crippen molar-refractivity contribution >= 4 is 0 Å². The van der Waals surface area contributed by atoms with Gasteiger partial charge in [-0.05, 0) is 25.3 Å². The van der Waals surface area contributed by atoms with Gasteiger partial charge in [0.15, 0.2) is 11.5 Å². The average molecular weight is 265 g/mol. The smallest absolute Gasteiger partial charge is 0.231 e. The van der Waals surface area contributed by atoms with Crippen LogP contribution in [-0.2, 0) is 11.3 Å². The van der Waals surface area contributed by atoms with Crippen molar-refractivity contribution < 1.29 is 19.3 Å². The maximum absolute atomic E-state index is 9.93. The van der Waals surface area contributed by atoms with Gasteiger partial charge in [0, 0.05) is 31.8 Å². The third-order valence-corrected chi connectivity index (χ3v) is 4.03. The second kappa shape index (κ2) is 4.90. The third-order valence-electron chi connectivity index (χ3n) is 4.03. The van der Waals surface area contributed by atoms with Crippen LogP contribution in [-0.4, -0.2) is 31.2 Å². The van der Waals surface area contributed by atoms with Crippen LogP contribution in [0, 0.1) is 0 Å². The Morgan fingerprint density at radius 3 is 2.68 bits per heavy atom. The van der Waals surface area contributed by atoms with Gasteiger partial charge in [-0.3, -0.25) is 0 Å². The summed E-state index contributed by atoms with van der Waals surface area (Å²) in [6, 6.07) is 3.43. The number of phenols is 1. The summed E-state index contributed by atoms with van der Waals surface area (Å²) in [4.78, 5) is 0. The molecule has 1 aliphatic carbocycles. The first-order valence-electron chi connectivity index (χ1n) is 6.60. The fourth-order valence-electron chi connectivity index (χ4n) is 2.56. The van der Waals surface area contributed by atoms with E-state index in [4.69, 9.17) is 14.2 Å². The Hall–Kier alpha value is -1.46. The number of ether oxygens (including phenoxy) is 3. The minimum atomic E-state index is -0.00798. The number of methoxy groups -OCH3 is 1. The number of hydrogen-bond acceptors (Lipinski definition) is 5. The van der Waals surface area contributed by atoms with Gasteiger partial charge >= 0.3 is 0 Å². The molecule has 0 bridgehead atoms. The van der Waals surface area contributed by atoms with Crippen molar-refractivity contribution in [1.29, 1.82) is 0 Å². The maximum Gasteiger partial charge on any atom is 0.231 e. The van der Waals surface area contributed by atoms with Crippen LogP contribution >= 0.6 is 0 Å². The normalized spacial score (nSPS) is 19.2. The van der Waals surface area contributed by atoms with Crippen molar-refractivity contribution in [3.63, 3.8) is 0 Å². The number of fused-ring (bicyclic) bond motifs is 1. The van der Waals surface area contributed by atoms with Crippen LogP contribution in [0.5, 0.6) is 17.2 Å². The van der Waals surface area contributed by atoms with E-state index in [-0.39, 0.29) is 18.1 Å². The zero-order chi connectivity index (χ0) is 13.3. The Kier molecular flexibility index (Phi) is 3.24. The third kappa shape index (κ3) is 2.35. The molecular weight excluding hydrogens is 246 g/mol. The van der Waals surface area contributed by atoms with Crippen molar-refractivity contribution in [2.75, 3.05) is 20.4 Å². The van der Waals surface area contributed by atoms with Crippen molar-refractivity contribution in [3.05, 3.63) is 17.7 Å². The molecule has 5 nitrogen and oxygen atoms in total. The molecule has 1 aromatic carbocycles. The summed E-state index contributed by atoms with van der Waals surface area (Å²) in [5, 5.41) is 13.3. The van der Waals surface area contributed by atoms with E-state index in [0.717, 1.165) is 24.9 Å². The summed E-state index contributed by atoms with van der Waals surface area (Å²) in [6.45, 7) is 1.61. The van der Waals surface area contributed by atoms with Crippen LogP contribution in [0.25, 0.3) is 0 Å². The lowest BCUT2D eigenvalue weighted by molar-refractivity contribution is -0.0695. The highest BCUT2D eigenvalue weighted by molar-refractivity contribution is 5.51. The molecule has 5 heteroatoms.